The van der Waals surface area contributed by atoms with Crippen molar-refractivity contribution in [2.45, 2.75) is 18.6 Å². The number of hydrogen-bond acceptors (Lipinski definition) is 5. The summed E-state index contributed by atoms with van der Waals surface area (Å²) < 4.78 is 11.1. The second-order valence-electron chi connectivity index (χ2n) is 10.0. The molecular weight excluding hydrogens is 550 g/mol. The Morgan fingerprint density at radius 1 is 0.929 bits per heavy atom. The van der Waals surface area contributed by atoms with Gasteiger partial charge in [0.2, 0.25) is 0 Å². The minimum atomic E-state index is -0.877. The van der Waals surface area contributed by atoms with E-state index in [-0.39, 0.29) is 11.5 Å². The molecule has 0 saturated carbocycles. The first-order chi connectivity index (χ1) is 20.5. The molecule has 0 aliphatic carbocycles. The Kier molecular flexibility index (Phi) is 7.61. The molecule has 8 heteroatoms. The number of pyridine rings is 1. The molecule has 7 nitrogen and oxygen atoms in total. The van der Waals surface area contributed by atoms with Crippen LogP contribution >= 0.6 is 11.6 Å². The molecule has 1 aliphatic heterocycles. The zero-order valence-corrected chi connectivity index (χ0v) is 23.8. The molecule has 6 rings (SSSR count). The van der Waals surface area contributed by atoms with Crippen LogP contribution in [-0.2, 0) is 9.53 Å². The SMILES string of the molecule is COc1ccc([C@@H]2CC(c3c(-c4ccccc4)c4cc(Cl)ccc4[nH]c3=O)=NN2C(=O)[C@@H](OC)c2ccccc2)cc1. The Morgan fingerprint density at radius 3 is 2.29 bits per heavy atom. The number of halogens is 1. The van der Waals surface area contributed by atoms with Crippen molar-refractivity contribution >= 4 is 34.1 Å². The standard InChI is InChI=1S/C34H28ClN3O4/c1-41-25-16-13-21(14-17-25)29-20-28(37-38(29)34(40)32(42-2)23-11-7-4-8-12-23)31-30(22-9-5-3-6-10-22)26-19-24(35)15-18-27(26)36-33(31)39/h3-19,29,32H,20H2,1-2H3,(H,36,39)/t29-,32-/m0/s1. The Balaban J connectivity index is 1.54. The van der Waals surface area contributed by atoms with Crippen molar-refractivity contribution in [2.75, 3.05) is 14.2 Å². The molecule has 1 N–H and O–H groups in total. The molecule has 1 aromatic heterocycles. The molecule has 42 heavy (non-hydrogen) atoms. The van der Waals surface area contributed by atoms with Crippen LogP contribution in [0.15, 0.2) is 113 Å². The van der Waals surface area contributed by atoms with E-state index in [9.17, 15) is 9.59 Å². The second kappa shape index (κ2) is 11.6. The number of rotatable bonds is 7. The first-order valence-corrected chi connectivity index (χ1v) is 13.9. The van der Waals surface area contributed by atoms with Gasteiger partial charge < -0.3 is 14.5 Å². The summed E-state index contributed by atoms with van der Waals surface area (Å²) in [5.74, 6) is 0.366. The molecule has 1 amide bonds. The van der Waals surface area contributed by atoms with Crippen molar-refractivity contribution in [3.05, 3.63) is 135 Å². The van der Waals surface area contributed by atoms with Crippen LogP contribution < -0.4 is 10.3 Å². The maximum atomic E-state index is 14.1. The van der Waals surface area contributed by atoms with Crippen LogP contribution in [0.1, 0.15) is 35.3 Å². The number of fused-ring (bicyclic) bond motifs is 1. The zero-order valence-electron chi connectivity index (χ0n) is 23.1. The highest BCUT2D eigenvalue weighted by Crippen LogP contribution is 2.39. The number of nitrogens with one attached hydrogen (secondary N) is 1. The van der Waals surface area contributed by atoms with E-state index >= 15 is 0 Å². The van der Waals surface area contributed by atoms with Gasteiger partial charge in [0, 0.05) is 35.0 Å². The van der Waals surface area contributed by atoms with Gasteiger partial charge >= 0.3 is 0 Å². The molecule has 0 fully saturated rings. The number of ether oxygens (including phenoxy) is 2. The van der Waals surface area contributed by atoms with E-state index in [4.69, 9.17) is 26.2 Å². The number of amides is 1. The van der Waals surface area contributed by atoms with Gasteiger partial charge in [0.1, 0.15) is 5.75 Å². The van der Waals surface area contributed by atoms with Crippen molar-refractivity contribution in [1.82, 2.24) is 9.99 Å². The minimum absolute atomic E-state index is 0.295. The number of methoxy groups -OCH3 is 2. The van der Waals surface area contributed by atoms with Gasteiger partial charge in [-0.15, -0.1) is 0 Å². The number of aromatic amines is 1. The quantitative estimate of drug-likeness (QED) is 0.227. The largest absolute Gasteiger partial charge is 0.497 e. The third-order valence-electron chi connectivity index (χ3n) is 7.53. The molecule has 2 heterocycles. The van der Waals surface area contributed by atoms with Gasteiger partial charge in [-0.05, 0) is 47.0 Å². The lowest BCUT2D eigenvalue weighted by molar-refractivity contribution is -0.144. The third kappa shape index (κ3) is 5.09. The minimum Gasteiger partial charge on any atom is -0.497 e. The summed E-state index contributed by atoms with van der Waals surface area (Å²) in [6.45, 7) is 0. The number of hydrazone groups is 1. The van der Waals surface area contributed by atoms with Crippen molar-refractivity contribution in [3.8, 4) is 16.9 Å². The highest BCUT2D eigenvalue weighted by atomic mass is 35.5. The fourth-order valence-electron chi connectivity index (χ4n) is 5.52. The predicted molar refractivity (Wildman–Crippen MR) is 165 cm³/mol. The average molecular weight is 578 g/mol. The van der Waals surface area contributed by atoms with Crippen LogP contribution in [0.2, 0.25) is 5.02 Å². The third-order valence-corrected chi connectivity index (χ3v) is 7.76. The molecule has 2 atom stereocenters. The van der Waals surface area contributed by atoms with E-state index in [2.05, 4.69) is 4.98 Å². The Labute approximate surface area is 248 Å². The van der Waals surface area contributed by atoms with Gasteiger partial charge in [-0.3, -0.25) is 9.59 Å². The number of carbonyl (C=O) groups is 1. The number of H-pyrrole nitrogens is 1. The summed E-state index contributed by atoms with van der Waals surface area (Å²) in [6, 6.07) is 31.4. The molecule has 5 aromatic rings. The molecule has 1 aliphatic rings. The fraction of sp³-hybridized carbons (Fsp3) is 0.147. The summed E-state index contributed by atoms with van der Waals surface area (Å²) in [5.41, 5.74) is 4.39. The van der Waals surface area contributed by atoms with Gasteiger partial charge in [0.15, 0.2) is 6.10 Å². The van der Waals surface area contributed by atoms with E-state index < -0.39 is 12.1 Å². The normalized spacial score (nSPS) is 15.5. The number of benzene rings is 4. The maximum Gasteiger partial charge on any atom is 0.276 e. The van der Waals surface area contributed by atoms with E-state index in [0.717, 1.165) is 16.5 Å². The summed E-state index contributed by atoms with van der Waals surface area (Å²) in [4.78, 5) is 30.9. The van der Waals surface area contributed by atoms with Crippen LogP contribution in [0.25, 0.3) is 22.0 Å². The maximum absolute atomic E-state index is 14.1. The summed E-state index contributed by atoms with van der Waals surface area (Å²) >= 11 is 6.43. The smallest absolute Gasteiger partial charge is 0.276 e. The van der Waals surface area contributed by atoms with E-state index in [1.54, 1.807) is 19.2 Å². The highest BCUT2D eigenvalue weighted by Gasteiger charge is 2.38. The van der Waals surface area contributed by atoms with Crippen LogP contribution in [0.5, 0.6) is 5.75 Å². The molecule has 0 radical (unpaired) electrons. The molecule has 4 aromatic carbocycles. The van der Waals surface area contributed by atoms with Crippen LogP contribution in [0, 0.1) is 0 Å². The summed E-state index contributed by atoms with van der Waals surface area (Å²) in [7, 11) is 3.11. The summed E-state index contributed by atoms with van der Waals surface area (Å²) in [6.07, 6.45) is -0.560. The lowest BCUT2D eigenvalue weighted by atomic mass is 9.91. The monoisotopic (exact) mass is 577 g/mol. The lowest BCUT2D eigenvalue weighted by Gasteiger charge is -2.26. The fourth-order valence-corrected chi connectivity index (χ4v) is 5.70. The lowest BCUT2D eigenvalue weighted by Crippen LogP contribution is -2.32. The Bertz CT molecular complexity index is 1840. The highest BCUT2D eigenvalue weighted by molar-refractivity contribution is 6.31. The predicted octanol–water partition coefficient (Wildman–Crippen LogP) is 6.92. The molecular formula is C34H28ClN3O4. The topological polar surface area (TPSA) is 84.0 Å². The van der Waals surface area contributed by atoms with Gasteiger partial charge in [0.05, 0.1) is 24.4 Å². The van der Waals surface area contributed by atoms with Crippen LogP contribution in [0.4, 0.5) is 0 Å². The van der Waals surface area contributed by atoms with E-state index in [1.165, 1.54) is 12.1 Å². The molecule has 0 bridgehead atoms. The number of aromatic nitrogens is 1. The number of carbonyl (C=O) groups excluding carboxylic acids is 1. The van der Waals surface area contributed by atoms with Gasteiger partial charge in [-0.2, -0.15) is 5.10 Å². The molecule has 0 saturated heterocycles. The van der Waals surface area contributed by atoms with Crippen molar-refractivity contribution < 1.29 is 14.3 Å². The Hall–Kier alpha value is -4.72. The first-order valence-electron chi connectivity index (χ1n) is 13.5. The molecule has 210 valence electrons. The molecule has 0 unspecified atom stereocenters. The van der Waals surface area contributed by atoms with E-state index in [0.29, 0.717) is 45.1 Å². The number of nitrogens with zero attached hydrogens (tertiary/aromatic N) is 2. The molecule has 0 spiro atoms. The van der Waals surface area contributed by atoms with Gasteiger partial charge in [-0.25, -0.2) is 5.01 Å². The van der Waals surface area contributed by atoms with Crippen molar-refractivity contribution in [2.24, 2.45) is 5.10 Å². The zero-order chi connectivity index (χ0) is 29.2. The van der Waals surface area contributed by atoms with Gasteiger partial charge in [0.25, 0.3) is 11.5 Å². The van der Waals surface area contributed by atoms with Crippen molar-refractivity contribution in [3.63, 3.8) is 0 Å². The van der Waals surface area contributed by atoms with Crippen molar-refractivity contribution in [1.29, 1.82) is 0 Å². The van der Waals surface area contributed by atoms with Crippen LogP contribution in [0.3, 0.4) is 0 Å². The average Bonchev–Trinajstić information content (AvgIpc) is 3.47. The number of hydrogen-bond donors (Lipinski definition) is 1. The van der Waals surface area contributed by atoms with E-state index in [1.807, 2.05) is 91.0 Å². The summed E-state index contributed by atoms with van der Waals surface area (Å²) in [5, 5.41) is 7.65. The van der Waals surface area contributed by atoms with Gasteiger partial charge in [-0.1, -0.05) is 84.4 Å². The Morgan fingerprint density at radius 2 is 1.62 bits per heavy atom. The first kappa shape index (κ1) is 27.4. The second-order valence-corrected chi connectivity index (χ2v) is 10.4. The van der Waals surface area contributed by atoms with Crippen LogP contribution in [-0.4, -0.2) is 35.8 Å².